The van der Waals surface area contributed by atoms with Gasteiger partial charge in [-0.15, -0.1) is 0 Å². The Hall–Kier alpha value is -1.62. The van der Waals surface area contributed by atoms with E-state index in [1.807, 2.05) is 13.8 Å². The molecule has 118 valence electrons. The van der Waals surface area contributed by atoms with Crippen LogP contribution in [0, 0.1) is 5.82 Å². The molecule has 5 heteroatoms. The first-order valence-electron chi connectivity index (χ1n) is 6.99. The minimum atomic E-state index is -1.09. The molecule has 0 aromatic heterocycles. The van der Waals surface area contributed by atoms with E-state index in [1.54, 1.807) is 39.2 Å². The van der Waals surface area contributed by atoms with E-state index in [0.29, 0.717) is 6.42 Å². The van der Waals surface area contributed by atoms with Gasteiger partial charge in [-0.05, 0) is 39.8 Å². The topological polar surface area (TPSA) is 47.6 Å². The Bertz CT molecular complexity index is 490. The van der Waals surface area contributed by atoms with Crippen molar-refractivity contribution in [2.24, 2.45) is 0 Å². The Labute approximate surface area is 125 Å². The van der Waals surface area contributed by atoms with Gasteiger partial charge in [0.25, 0.3) is 0 Å². The highest BCUT2D eigenvalue weighted by Crippen LogP contribution is 2.29. The minimum Gasteiger partial charge on any atom is -0.464 e. The molecule has 0 bridgehead atoms. The molecule has 4 nitrogen and oxygen atoms in total. The molecule has 0 heterocycles. The molecular formula is C16H24FNO3. The van der Waals surface area contributed by atoms with Crippen LogP contribution in [0.15, 0.2) is 24.3 Å². The van der Waals surface area contributed by atoms with Gasteiger partial charge in [0.2, 0.25) is 0 Å². The summed E-state index contributed by atoms with van der Waals surface area (Å²) in [6.45, 7) is 7.43. The van der Waals surface area contributed by atoms with Crippen molar-refractivity contribution in [3.8, 4) is 0 Å². The number of nitrogens with one attached hydrogen (secondary N) is 1. The molecule has 0 fully saturated rings. The van der Waals surface area contributed by atoms with Crippen molar-refractivity contribution in [2.75, 3.05) is 19.0 Å². The van der Waals surface area contributed by atoms with Crippen molar-refractivity contribution >= 4 is 11.7 Å². The predicted octanol–water partition coefficient (Wildman–Crippen LogP) is 3.37. The number of carbonyl (C=O) groups excluding carboxylic acids is 1. The van der Waals surface area contributed by atoms with E-state index in [0.717, 1.165) is 0 Å². The number of hydrogen-bond donors (Lipinski definition) is 1. The first kappa shape index (κ1) is 17.4. The van der Waals surface area contributed by atoms with E-state index in [2.05, 4.69) is 5.32 Å². The molecule has 0 amide bonds. The van der Waals surface area contributed by atoms with Crippen LogP contribution in [-0.4, -0.2) is 30.8 Å². The van der Waals surface area contributed by atoms with Crippen molar-refractivity contribution in [1.82, 2.24) is 0 Å². The summed E-state index contributed by atoms with van der Waals surface area (Å²) in [5, 5.41) is 2.97. The van der Waals surface area contributed by atoms with Crippen LogP contribution in [0.2, 0.25) is 0 Å². The second-order valence-corrected chi connectivity index (χ2v) is 5.80. The molecule has 1 aromatic rings. The number of methoxy groups -OCH3 is 1. The number of rotatable bonds is 7. The number of anilines is 1. The Balaban J connectivity index is 3.07. The fraction of sp³-hybridized carbons (Fsp3) is 0.562. The number of halogens is 1. The van der Waals surface area contributed by atoms with E-state index in [4.69, 9.17) is 9.47 Å². The largest absolute Gasteiger partial charge is 0.464 e. The van der Waals surface area contributed by atoms with Crippen LogP contribution >= 0.6 is 0 Å². The number of esters is 1. The molecule has 1 aromatic carbocycles. The van der Waals surface area contributed by atoms with Crippen LogP contribution in [0.4, 0.5) is 10.1 Å². The zero-order chi connectivity index (χ0) is 16.1. The van der Waals surface area contributed by atoms with Gasteiger partial charge in [0.1, 0.15) is 11.4 Å². The number of hydrogen-bond acceptors (Lipinski definition) is 4. The van der Waals surface area contributed by atoms with E-state index in [9.17, 15) is 9.18 Å². The summed E-state index contributed by atoms with van der Waals surface area (Å²) in [5.41, 5.74) is -1.38. The molecular weight excluding hydrogens is 273 g/mol. The predicted molar refractivity (Wildman–Crippen MR) is 80.8 cm³/mol. The van der Waals surface area contributed by atoms with Gasteiger partial charge < -0.3 is 14.8 Å². The highest BCUT2D eigenvalue weighted by atomic mass is 19.1. The van der Waals surface area contributed by atoms with Crippen molar-refractivity contribution in [3.05, 3.63) is 30.1 Å². The quantitative estimate of drug-likeness (QED) is 0.784. The van der Waals surface area contributed by atoms with Gasteiger partial charge in [-0.1, -0.05) is 12.1 Å². The number of para-hydroxylation sites is 1. The van der Waals surface area contributed by atoms with Crippen molar-refractivity contribution in [2.45, 2.75) is 45.3 Å². The first-order valence-corrected chi connectivity index (χ1v) is 6.99. The molecule has 1 rings (SSSR count). The molecule has 0 saturated carbocycles. The standard InChI is InChI=1S/C16H24FNO3/c1-6-21-14(19)16(4,11-15(2,3)20-5)18-13-10-8-7-9-12(13)17/h7-10,18H,6,11H2,1-5H3. The summed E-state index contributed by atoms with van der Waals surface area (Å²) >= 11 is 0. The lowest BCUT2D eigenvalue weighted by atomic mass is 9.87. The third kappa shape index (κ3) is 4.70. The van der Waals surface area contributed by atoms with Gasteiger partial charge in [0.15, 0.2) is 0 Å². The highest BCUT2D eigenvalue weighted by molar-refractivity contribution is 5.84. The summed E-state index contributed by atoms with van der Waals surface area (Å²) in [7, 11) is 1.58. The van der Waals surface area contributed by atoms with Crippen molar-refractivity contribution < 1.29 is 18.7 Å². The average Bonchev–Trinajstić information content (AvgIpc) is 2.41. The highest BCUT2D eigenvalue weighted by Gasteiger charge is 2.40. The number of benzene rings is 1. The Morgan fingerprint density at radius 1 is 1.29 bits per heavy atom. The number of carbonyl (C=O) groups is 1. The maximum atomic E-state index is 13.8. The van der Waals surface area contributed by atoms with Gasteiger partial charge in [0, 0.05) is 13.5 Å². The molecule has 0 spiro atoms. The number of ether oxygens (including phenoxy) is 2. The summed E-state index contributed by atoms with van der Waals surface area (Å²) in [6.07, 6.45) is 0.337. The zero-order valence-electron chi connectivity index (χ0n) is 13.3. The summed E-state index contributed by atoms with van der Waals surface area (Å²) in [5.74, 6) is -0.846. The molecule has 0 aliphatic rings. The molecule has 1 unspecified atom stereocenters. The smallest absolute Gasteiger partial charge is 0.331 e. The van der Waals surface area contributed by atoms with Gasteiger partial charge in [-0.2, -0.15) is 0 Å². The second kappa shape index (κ2) is 6.89. The van der Waals surface area contributed by atoms with E-state index in [-0.39, 0.29) is 12.3 Å². The summed E-state index contributed by atoms with van der Waals surface area (Å²) in [6, 6.07) is 6.24. The van der Waals surface area contributed by atoms with E-state index in [1.165, 1.54) is 6.07 Å². The van der Waals surface area contributed by atoms with E-state index < -0.39 is 22.9 Å². The van der Waals surface area contributed by atoms with Crippen LogP contribution in [0.3, 0.4) is 0 Å². The van der Waals surface area contributed by atoms with Crippen molar-refractivity contribution in [1.29, 1.82) is 0 Å². The van der Waals surface area contributed by atoms with Crippen LogP contribution in [-0.2, 0) is 14.3 Å². The van der Waals surface area contributed by atoms with Gasteiger partial charge in [-0.25, -0.2) is 9.18 Å². The first-order chi connectivity index (χ1) is 9.74. The Morgan fingerprint density at radius 3 is 2.43 bits per heavy atom. The normalized spacial score (nSPS) is 14.4. The lowest BCUT2D eigenvalue weighted by Gasteiger charge is -2.36. The Morgan fingerprint density at radius 2 is 1.90 bits per heavy atom. The molecule has 1 N–H and O–H groups in total. The fourth-order valence-corrected chi connectivity index (χ4v) is 2.24. The maximum absolute atomic E-state index is 13.8. The molecule has 0 radical (unpaired) electrons. The fourth-order valence-electron chi connectivity index (χ4n) is 2.24. The monoisotopic (exact) mass is 297 g/mol. The lowest BCUT2D eigenvalue weighted by Crippen LogP contribution is -2.50. The SMILES string of the molecule is CCOC(=O)C(C)(CC(C)(C)OC)Nc1ccccc1F. The van der Waals surface area contributed by atoms with Crippen LogP contribution in [0.5, 0.6) is 0 Å². The molecule has 0 saturated heterocycles. The van der Waals surface area contributed by atoms with Crippen molar-refractivity contribution in [3.63, 3.8) is 0 Å². The summed E-state index contributed by atoms with van der Waals surface area (Å²) in [4.78, 5) is 12.3. The van der Waals surface area contributed by atoms with Crippen LogP contribution in [0.1, 0.15) is 34.1 Å². The summed E-state index contributed by atoms with van der Waals surface area (Å²) < 4.78 is 24.4. The molecule has 0 aliphatic heterocycles. The lowest BCUT2D eigenvalue weighted by molar-refractivity contribution is -0.150. The van der Waals surface area contributed by atoms with Gasteiger partial charge >= 0.3 is 5.97 Å². The second-order valence-electron chi connectivity index (χ2n) is 5.80. The van der Waals surface area contributed by atoms with Gasteiger partial charge in [0.05, 0.1) is 17.9 Å². The maximum Gasteiger partial charge on any atom is 0.331 e. The third-order valence-electron chi connectivity index (χ3n) is 3.34. The Kier molecular flexibility index (Phi) is 5.72. The minimum absolute atomic E-state index is 0.264. The van der Waals surface area contributed by atoms with Crippen LogP contribution in [0.25, 0.3) is 0 Å². The van der Waals surface area contributed by atoms with Gasteiger partial charge in [-0.3, -0.25) is 0 Å². The van der Waals surface area contributed by atoms with Crippen LogP contribution < -0.4 is 5.32 Å². The zero-order valence-corrected chi connectivity index (χ0v) is 13.3. The molecule has 0 aliphatic carbocycles. The molecule has 1 atom stereocenters. The molecule has 21 heavy (non-hydrogen) atoms. The third-order valence-corrected chi connectivity index (χ3v) is 3.34. The van der Waals surface area contributed by atoms with E-state index >= 15 is 0 Å². The average molecular weight is 297 g/mol.